The highest BCUT2D eigenvalue weighted by molar-refractivity contribution is 5.65. The first kappa shape index (κ1) is 12.1. The maximum Gasteiger partial charge on any atom is 0.167 e. The molecule has 2 N–H and O–H groups in total. The van der Waals surface area contributed by atoms with Crippen LogP contribution >= 0.6 is 0 Å². The van der Waals surface area contributed by atoms with Crippen LogP contribution < -0.4 is 15.2 Å². The largest absolute Gasteiger partial charge is 0.493 e. The molecule has 16 heavy (non-hydrogen) atoms. The standard InChI is InChI=1S/C12H14N2O2/c1-15-11-7-9(8-14)6-10(4-3-5-13)12(11)16-2/h3-4,6-7H,5,13H2,1-2H3/b4-3+. The van der Waals surface area contributed by atoms with Gasteiger partial charge >= 0.3 is 0 Å². The minimum absolute atomic E-state index is 0.433. The van der Waals surface area contributed by atoms with Crippen LogP contribution in [0, 0.1) is 11.3 Å². The van der Waals surface area contributed by atoms with Gasteiger partial charge in [0.1, 0.15) is 0 Å². The molecule has 0 aliphatic heterocycles. The molecule has 0 heterocycles. The van der Waals surface area contributed by atoms with E-state index in [-0.39, 0.29) is 0 Å². The molecule has 0 saturated carbocycles. The first-order chi connectivity index (χ1) is 7.76. The van der Waals surface area contributed by atoms with E-state index in [1.165, 1.54) is 7.11 Å². The normalized spacial score (nSPS) is 10.1. The van der Waals surface area contributed by atoms with Crippen molar-refractivity contribution in [3.05, 3.63) is 29.3 Å². The fourth-order valence-electron chi connectivity index (χ4n) is 1.38. The highest BCUT2D eigenvalue weighted by Crippen LogP contribution is 2.33. The second kappa shape index (κ2) is 5.79. The second-order valence-electron chi connectivity index (χ2n) is 3.05. The van der Waals surface area contributed by atoms with E-state index in [0.29, 0.717) is 23.6 Å². The van der Waals surface area contributed by atoms with Crippen LogP contribution in [0.25, 0.3) is 6.08 Å². The smallest absolute Gasteiger partial charge is 0.167 e. The van der Waals surface area contributed by atoms with Gasteiger partial charge < -0.3 is 15.2 Å². The zero-order valence-electron chi connectivity index (χ0n) is 9.36. The third kappa shape index (κ3) is 2.53. The summed E-state index contributed by atoms with van der Waals surface area (Å²) in [5, 5.41) is 8.88. The van der Waals surface area contributed by atoms with Crippen LogP contribution in [0.15, 0.2) is 18.2 Å². The molecule has 0 saturated heterocycles. The summed E-state index contributed by atoms with van der Waals surface area (Å²) in [5.41, 5.74) is 6.69. The molecular formula is C12H14N2O2. The maximum absolute atomic E-state index is 8.88. The Balaban J connectivity index is 3.32. The number of methoxy groups -OCH3 is 2. The van der Waals surface area contributed by atoms with E-state index in [1.807, 2.05) is 6.08 Å². The zero-order chi connectivity index (χ0) is 12.0. The molecule has 1 aromatic carbocycles. The molecule has 84 valence electrons. The Morgan fingerprint density at radius 3 is 2.62 bits per heavy atom. The van der Waals surface area contributed by atoms with Gasteiger partial charge in [-0.2, -0.15) is 5.26 Å². The van der Waals surface area contributed by atoms with Crippen LogP contribution in [0.4, 0.5) is 0 Å². The Hall–Kier alpha value is -1.99. The summed E-state index contributed by atoms with van der Waals surface area (Å²) in [7, 11) is 3.10. The van der Waals surface area contributed by atoms with Crippen LogP contribution in [0.3, 0.4) is 0 Å². The molecule has 1 rings (SSSR count). The molecule has 0 aromatic heterocycles. The highest BCUT2D eigenvalue weighted by Gasteiger charge is 2.10. The topological polar surface area (TPSA) is 68.3 Å². The fraction of sp³-hybridized carbons (Fsp3) is 0.250. The quantitative estimate of drug-likeness (QED) is 0.832. The molecule has 0 atom stereocenters. The van der Waals surface area contributed by atoms with E-state index < -0.39 is 0 Å². The van der Waals surface area contributed by atoms with Crippen LogP contribution in [0.2, 0.25) is 0 Å². The maximum atomic E-state index is 8.88. The molecule has 0 radical (unpaired) electrons. The summed E-state index contributed by atoms with van der Waals surface area (Å²) in [4.78, 5) is 0. The van der Waals surface area contributed by atoms with Crippen molar-refractivity contribution in [2.24, 2.45) is 5.73 Å². The van der Waals surface area contributed by atoms with Crippen LogP contribution in [0.5, 0.6) is 11.5 Å². The van der Waals surface area contributed by atoms with E-state index in [9.17, 15) is 0 Å². The predicted molar refractivity (Wildman–Crippen MR) is 62.3 cm³/mol. The van der Waals surface area contributed by atoms with Crippen molar-refractivity contribution in [1.29, 1.82) is 5.26 Å². The number of benzene rings is 1. The van der Waals surface area contributed by atoms with Gasteiger partial charge in [0.05, 0.1) is 25.9 Å². The fourth-order valence-corrected chi connectivity index (χ4v) is 1.38. The van der Waals surface area contributed by atoms with Crippen LogP contribution in [-0.2, 0) is 0 Å². The molecule has 0 aliphatic carbocycles. The number of hydrogen-bond acceptors (Lipinski definition) is 4. The van der Waals surface area contributed by atoms with E-state index in [0.717, 1.165) is 5.56 Å². The molecule has 4 nitrogen and oxygen atoms in total. The number of nitrogens with two attached hydrogens (primary N) is 1. The number of hydrogen-bond donors (Lipinski definition) is 1. The van der Waals surface area contributed by atoms with Gasteiger partial charge in [-0.3, -0.25) is 0 Å². The van der Waals surface area contributed by atoms with Crippen molar-refractivity contribution in [3.63, 3.8) is 0 Å². The average molecular weight is 218 g/mol. The summed E-state index contributed by atoms with van der Waals surface area (Å²) in [5.74, 6) is 1.14. The molecule has 0 aliphatic rings. The molecular weight excluding hydrogens is 204 g/mol. The first-order valence-electron chi connectivity index (χ1n) is 4.79. The third-order valence-corrected chi connectivity index (χ3v) is 2.07. The lowest BCUT2D eigenvalue weighted by Crippen LogP contribution is -1.96. The Labute approximate surface area is 94.9 Å². The Morgan fingerprint density at radius 2 is 2.12 bits per heavy atom. The van der Waals surface area contributed by atoms with Crippen molar-refractivity contribution < 1.29 is 9.47 Å². The molecule has 1 aromatic rings. The van der Waals surface area contributed by atoms with Gasteiger partial charge in [-0.25, -0.2) is 0 Å². The number of nitriles is 1. The van der Waals surface area contributed by atoms with Gasteiger partial charge in [0.15, 0.2) is 11.5 Å². The van der Waals surface area contributed by atoms with Gasteiger partial charge in [0, 0.05) is 18.2 Å². The molecule has 0 amide bonds. The van der Waals surface area contributed by atoms with E-state index in [2.05, 4.69) is 6.07 Å². The SMILES string of the molecule is COc1cc(C#N)cc(/C=C/CN)c1OC. The number of nitrogens with zero attached hydrogens (tertiary/aromatic N) is 1. The van der Waals surface area contributed by atoms with Gasteiger partial charge in [-0.1, -0.05) is 12.2 Å². The Morgan fingerprint density at radius 1 is 1.38 bits per heavy atom. The second-order valence-corrected chi connectivity index (χ2v) is 3.05. The van der Waals surface area contributed by atoms with Crippen molar-refractivity contribution in [2.45, 2.75) is 0 Å². The average Bonchev–Trinajstić information content (AvgIpc) is 2.34. The third-order valence-electron chi connectivity index (χ3n) is 2.07. The van der Waals surface area contributed by atoms with Gasteiger partial charge in [0.2, 0.25) is 0 Å². The lowest BCUT2D eigenvalue weighted by atomic mass is 10.1. The lowest BCUT2D eigenvalue weighted by Gasteiger charge is -2.10. The molecule has 4 heteroatoms. The van der Waals surface area contributed by atoms with Crippen molar-refractivity contribution in [3.8, 4) is 17.6 Å². The van der Waals surface area contributed by atoms with Crippen LogP contribution in [-0.4, -0.2) is 20.8 Å². The van der Waals surface area contributed by atoms with Crippen molar-refractivity contribution >= 4 is 6.08 Å². The van der Waals surface area contributed by atoms with E-state index in [1.54, 1.807) is 25.3 Å². The molecule has 0 spiro atoms. The Bertz CT molecular complexity index is 433. The predicted octanol–water partition coefficient (Wildman–Crippen LogP) is 1.55. The summed E-state index contributed by atoms with van der Waals surface area (Å²) in [6.45, 7) is 0.433. The van der Waals surface area contributed by atoms with Gasteiger partial charge in [0.25, 0.3) is 0 Å². The molecule has 0 unspecified atom stereocenters. The van der Waals surface area contributed by atoms with E-state index in [4.69, 9.17) is 20.5 Å². The summed E-state index contributed by atoms with van der Waals surface area (Å²) in [6, 6.07) is 5.44. The Kier molecular flexibility index (Phi) is 4.37. The van der Waals surface area contributed by atoms with Gasteiger partial charge in [-0.05, 0) is 6.07 Å². The minimum atomic E-state index is 0.433. The molecule has 0 fully saturated rings. The highest BCUT2D eigenvalue weighted by atomic mass is 16.5. The summed E-state index contributed by atoms with van der Waals surface area (Å²) >= 11 is 0. The summed E-state index contributed by atoms with van der Waals surface area (Å²) in [6.07, 6.45) is 3.60. The lowest BCUT2D eigenvalue weighted by molar-refractivity contribution is 0.354. The van der Waals surface area contributed by atoms with E-state index >= 15 is 0 Å². The summed E-state index contributed by atoms with van der Waals surface area (Å²) < 4.78 is 10.4. The van der Waals surface area contributed by atoms with Crippen LogP contribution in [0.1, 0.15) is 11.1 Å². The monoisotopic (exact) mass is 218 g/mol. The van der Waals surface area contributed by atoms with Crippen molar-refractivity contribution in [1.82, 2.24) is 0 Å². The molecule has 0 bridgehead atoms. The van der Waals surface area contributed by atoms with Crippen molar-refractivity contribution in [2.75, 3.05) is 20.8 Å². The van der Waals surface area contributed by atoms with Gasteiger partial charge in [-0.15, -0.1) is 0 Å². The minimum Gasteiger partial charge on any atom is -0.493 e. The number of rotatable bonds is 4. The zero-order valence-corrected chi connectivity index (χ0v) is 9.36. The number of ether oxygens (including phenoxy) is 2. The first-order valence-corrected chi connectivity index (χ1v) is 4.79.